The first-order valence-electron chi connectivity index (χ1n) is 9.76. The highest BCUT2D eigenvalue weighted by Crippen LogP contribution is 2.28. The average molecular weight is 425 g/mol. The average Bonchev–Trinajstić information content (AvgIpc) is 2.85. The lowest BCUT2D eigenvalue weighted by molar-refractivity contribution is -0.117. The van der Waals surface area contributed by atoms with Crippen LogP contribution in [0, 0.1) is 5.92 Å². The fourth-order valence-electron chi connectivity index (χ4n) is 3.14. The van der Waals surface area contributed by atoms with Crippen LogP contribution in [0.25, 0.3) is 10.2 Å². The molecular weight excluding hydrogens is 396 g/mol. The third-order valence-corrected chi connectivity index (χ3v) is 7.02. The van der Waals surface area contributed by atoms with Gasteiger partial charge in [0.15, 0.2) is 5.13 Å². The molecule has 1 fully saturated rings. The number of amides is 1. The first kappa shape index (κ1) is 21.2. The molecule has 0 unspecified atom stereocenters. The maximum Gasteiger partial charge on any atom is 0.240 e. The molecule has 0 saturated carbocycles. The van der Waals surface area contributed by atoms with E-state index in [4.69, 9.17) is 0 Å². The van der Waals surface area contributed by atoms with Gasteiger partial charge in [-0.05, 0) is 50.0 Å². The van der Waals surface area contributed by atoms with E-state index < -0.39 is 10.0 Å². The van der Waals surface area contributed by atoms with Gasteiger partial charge in [0.25, 0.3) is 0 Å². The first-order valence-corrected chi connectivity index (χ1v) is 12.1. The molecule has 2 N–H and O–H groups in total. The maximum absolute atomic E-state index is 12.4. The summed E-state index contributed by atoms with van der Waals surface area (Å²) < 4.78 is 28.2. The second-order valence-corrected chi connectivity index (χ2v) is 10.4. The minimum absolute atomic E-state index is 0.0765. The molecule has 1 aliphatic rings. The van der Waals surface area contributed by atoms with E-state index in [-0.39, 0.29) is 16.7 Å². The number of sulfonamides is 1. The topological polar surface area (TPSA) is 91.4 Å². The summed E-state index contributed by atoms with van der Waals surface area (Å²) >= 11 is 1.29. The second kappa shape index (κ2) is 9.30. The van der Waals surface area contributed by atoms with Crippen molar-refractivity contribution in [1.29, 1.82) is 0 Å². The lowest BCUT2D eigenvalue weighted by Gasteiger charge is -2.18. The zero-order chi connectivity index (χ0) is 20.1. The van der Waals surface area contributed by atoms with Crippen molar-refractivity contribution < 1.29 is 13.2 Å². The highest BCUT2D eigenvalue weighted by molar-refractivity contribution is 7.89. The van der Waals surface area contributed by atoms with E-state index in [0.717, 1.165) is 30.6 Å². The Kier molecular flexibility index (Phi) is 7.03. The van der Waals surface area contributed by atoms with Gasteiger partial charge in [0.2, 0.25) is 15.9 Å². The molecule has 154 valence electrons. The van der Waals surface area contributed by atoms with Crippen LogP contribution in [0.2, 0.25) is 0 Å². The number of aromatic nitrogens is 1. The number of likely N-dealkylation sites (tertiary alicyclic amines) is 1. The van der Waals surface area contributed by atoms with Gasteiger partial charge in [-0.2, -0.15) is 0 Å². The fourth-order valence-corrected chi connectivity index (χ4v) is 5.38. The van der Waals surface area contributed by atoms with Crippen LogP contribution < -0.4 is 10.0 Å². The van der Waals surface area contributed by atoms with Gasteiger partial charge >= 0.3 is 0 Å². The maximum atomic E-state index is 12.4. The Morgan fingerprint density at radius 1 is 1.21 bits per heavy atom. The molecule has 7 nitrogen and oxygen atoms in total. The summed E-state index contributed by atoms with van der Waals surface area (Å²) in [5.41, 5.74) is 0.679. The zero-order valence-corrected chi connectivity index (χ0v) is 18.0. The molecule has 0 radical (unpaired) electrons. The van der Waals surface area contributed by atoms with E-state index in [9.17, 15) is 13.2 Å². The normalized spacial score (nSPS) is 16.4. The first-order chi connectivity index (χ1) is 13.3. The standard InChI is InChI=1S/C19H28N4O3S2/c1-14(2)12-20-28(25,26)15-7-8-16-17(11-15)27-19(21-16)22-18(24)13-23-9-5-3-4-6-10-23/h7-8,11,14,20H,3-6,9-10,12-13H2,1-2H3,(H,21,22,24). The quantitative estimate of drug-likeness (QED) is 0.713. The Morgan fingerprint density at radius 2 is 1.93 bits per heavy atom. The fraction of sp³-hybridized carbons (Fsp3) is 0.579. The van der Waals surface area contributed by atoms with Crippen LogP contribution in [0.3, 0.4) is 0 Å². The van der Waals surface area contributed by atoms with Crippen molar-refractivity contribution in [3.8, 4) is 0 Å². The number of carbonyl (C=O) groups is 1. The van der Waals surface area contributed by atoms with Crippen LogP contribution in [0.4, 0.5) is 5.13 Å². The van der Waals surface area contributed by atoms with E-state index >= 15 is 0 Å². The van der Waals surface area contributed by atoms with Gasteiger partial charge in [0.05, 0.1) is 21.7 Å². The van der Waals surface area contributed by atoms with Crippen LogP contribution in [0.1, 0.15) is 39.5 Å². The Labute approximate surface area is 170 Å². The molecule has 1 aromatic carbocycles. The predicted octanol–water partition coefficient (Wildman–Crippen LogP) is 3.05. The summed E-state index contributed by atoms with van der Waals surface area (Å²) in [5, 5.41) is 3.36. The van der Waals surface area contributed by atoms with Gasteiger partial charge in [-0.3, -0.25) is 9.69 Å². The van der Waals surface area contributed by atoms with Gasteiger partial charge in [-0.1, -0.05) is 38.0 Å². The number of carbonyl (C=O) groups excluding carboxylic acids is 1. The number of anilines is 1. The molecule has 3 rings (SSSR count). The number of rotatable bonds is 7. The SMILES string of the molecule is CC(C)CNS(=O)(=O)c1ccc2nc(NC(=O)CN3CCCCCC3)sc2c1. The van der Waals surface area contributed by atoms with Crippen molar-refractivity contribution in [2.45, 2.75) is 44.4 Å². The van der Waals surface area contributed by atoms with E-state index in [0.29, 0.717) is 23.7 Å². The molecule has 9 heteroatoms. The van der Waals surface area contributed by atoms with E-state index in [1.54, 1.807) is 18.2 Å². The highest BCUT2D eigenvalue weighted by Gasteiger charge is 2.17. The molecule has 1 aromatic heterocycles. The Balaban J connectivity index is 1.67. The summed E-state index contributed by atoms with van der Waals surface area (Å²) in [6.45, 7) is 6.58. The monoisotopic (exact) mass is 424 g/mol. The third-order valence-electron chi connectivity index (χ3n) is 4.66. The number of hydrogen-bond acceptors (Lipinski definition) is 6. The van der Waals surface area contributed by atoms with Gasteiger partial charge in [0.1, 0.15) is 0 Å². The van der Waals surface area contributed by atoms with Crippen LogP contribution in [-0.2, 0) is 14.8 Å². The molecule has 1 amide bonds. The van der Waals surface area contributed by atoms with Crippen molar-refractivity contribution in [3.05, 3.63) is 18.2 Å². The minimum atomic E-state index is -3.55. The zero-order valence-electron chi connectivity index (χ0n) is 16.4. The molecular formula is C19H28N4O3S2. The van der Waals surface area contributed by atoms with Gasteiger partial charge in [0, 0.05) is 6.54 Å². The second-order valence-electron chi connectivity index (χ2n) is 7.63. The molecule has 0 aliphatic carbocycles. The summed E-state index contributed by atoms with van der Waals surface area (Å²) in [4.78, 5) is 19.2. The number of nitrogens with one attached hydrogen (secondary N) is 2. The van der Waals surface area contributed by atoms with Crippen molar-refractivity contribution in [2.75, 3.05) is 31.5 Å². The third kappa shape index (κ3) is 5.73. The minimum Gasteiger partial charge on any atom is -0.301 e. The van der Waals surface area contributed by atoms with Crippen LogP contribution in [-0.4, -0.2) is 50.4 Å². The molecule has 2 heterocycles. The predicted molar refractivity (Wildman–Crippen MR) is 113 cm³/mol. The lowest BCUT2D eigenvalue weighted by Crippen LogP contribution is -2.33. The molecule has 0 bridgehead atoms. The van der Waals surface area contributed by atoms with E-state index in [2.05, 4.69) is 19.9 Å². The van der Waals surface area contributed by atoms with Crippen LogP contribution >= 0.6 is 11.3 Å². The number of fused-ring (bicyclic) bond motifs is 1. The number of hydrogen-bond donors (Lipinski definition) is 2. The van der Waals surface area contributed by atoms with Crippen LogP contribution in [0.15, 0.2) is 23.1 Å². The molecule has 0 spiro atoms. The molecule has 1 saturated heterocycles. The summed E-state index contributed by atoms with van der Waals surface area (Å²) in [6, 6.07) is 4.84. The van der Waals surface area contributed by atoms with Crippen molar-refractivity contribution in [1.82, 2.24) is 14.6 Å². The summed E-state index contributed by atoms with van der Waals surface area (Å²) in [7, 11) is -3.55. The lowest BCUT2D eigenvalue weighted by atomic mass is 10.2. The van der Waals surface area contributed by atoms with Gasteiger partial charge in [-0.25, -0.2) is 18.1 Å². The smallest absolute Gasteiger partial charge is 0.240 e. The molecule has 1 aliphatic heterocycles. The Bertz CT molecular complexity index is 916. The Morgan fingerprint density at radius 3 is 2.61 bits per heavy atom. The summed E-state index contributed by atoms with van der Waals surface area (Å²) in [5.74, 6) is 0.153. The highest BCUT2D eigenvalue weighted by atomic mass is 32.2. The van der Waals surface area contributed by atoms with Crippen LogP contribution in [0.5, 0.6) is 0 Å². The number of nitrogens with zero attached hydrogens (tertiary/aromatic N) is 2. The van der Waals surface area contributed by atoms with Gasteiger partial charge < -0.3 is 5.32 Å². The largest absolute Gasteiger partial charge is 0.301 e. The molecule has 28 heavy (non-hydrogen) atoms. The van der Waals surface area contributed by atoms with E-state index in [1.165, 1.54) is 24.2 Å². The van der Waals surface area contributed by atoms with Gasteiger partial charge in [-0.15, -0.1) is 0 Å². The van der Waals surface area contributed by atoms with Crippen molar-refractivity contribution >= 4 is 42.6 Å². The number of benzene rings is 1. The molecule has 0 atom stereocenters. The Hall–Kier alpha value is -1.55. The summed E-state index contributed by atoms with van der Waals surface area (Å²) in [6.07, 6.45) is 4.73. The van der Waals surface area contributed by atoms with Crippen molar-refractivity contribution in [2.24, 2.45) is 5.92 Å². The number of thiazole rings is 1. The van der Waals surface area contributed by atoms with E-state index in [1.807, 2.05) is 13.8 Å². The van der Waals surface area contributed by atoms with Crippen molar-refractivity contribution in [3.63, 3.8) is 0 Å². The molecule has 2 aromatic rings.